The van der Waals surface area contributed by atoms with Crippen molar-refractivity contribution in [3.8, 4) is 0 Å². The molecule has 4 nitrogen and oxygen atoms in total. The predicted molar refractivity (Wildman–Crippen MR) is 82.9 cm³/mol. The first-order chi connectivity index (χ1) is 9.70. The Bertz CT molecular complexity index is 471. The van der Waals surface area contributed by atoms with Gasteiger partial charge in [0.2, 0.25) is 5.91 Å². The summed E-state index contributed by atoms with van der Waals surface area (Å²) in [5.41, 5.74) is 7.44. The lowest BCUT2D eigenvalue weighted by atomic mass is 9.99. The second kappa shape index (κ2) is 7.08. The number of hydrogen-bond donors (Lipinski definition) is 2. The molecule has 1 aromatic carbocycles. The number of amides is 1. The number of rotatable bonds is 3. The topological polar surface area (TPSA) is 67.5 Å². The molecule has 2 rings (SSSR count). The summed E-state index contributed by atoms with van der Waals surface area (Å²) in [5, 5.41) is 3.00. The van der Waals surface area contributed by atoms with Crippen LogP contribution in [0.5, 0.6) is 0 Å². The molecule has 0 unspecified atom stereocenters. The van der Waals surface area contributed by atoms with Gasteiger partial charge in [-0.2, -0.15) is 0 Å². The summed E-state index contributed by atoms with van der Waals surface area (Å²) in [6.45, 7) is 0. The summed E-state index contributed by atoms with van der Waals surface area (Å²) in [7, 11) is 1.66. The zero-order valence-corrected chi connectivity index (χ0v) is 12.1. The van der Waals surface area contributed by atoms with E-state index in [-0.39, 0.29) is 11.8 Å². The van der Waals surface area contributed by atoms with Gasteiger partial charge in [-0.15, -0.1) is 0 Å². The fourth-order valence-corrected chi connectivity index (χ4v) is 2.64. The smallest absolute Gasteiger partial charge is 0.227 e. The van der Waals surface area contributed by atoms with Crippen LogP contribution >= 0.6 is 0 Å². The van der Waals surface area contributed by atoms with Crippen molar-refractivity contribution in [1.82, 2.24) is 0 Å². The van der Waals surface area contributed by atoms with Crippen LogP contribution in [-0.2, 0) is 4.79 Å². The lowest BCUT2D eigenvalue weighted by Crippen LogP contribution is -2.22. The van der Waals surface area contributed by atoms with Gasteiger partial charge < -0.3 is 11.1 Å². The predicted octanol–water partition coefficient (Wildman–Crippen LogP) is 2.93. The Hall–Kier alpha value is -1.84. The molecule has 20 heavy (non-hydrogen) atoms. The van der Waals surface area contributed by atoms with Crippen molar-refractivity contribution in [2.75, 3.05) is 12.4 Å². The number of benzene rings is 1. The lowest BCUT2D eigenvalue weighted by Gasteiger charge is -2.14. The van der Waals surface area contributed by atoms with Gasteiger partial charge >= 0.3 is 0 Å². The second-order valence-electron chi connectivity index (χ2n) is 5.36. The van der Waals surface area contributed by atoms with E-state index >= 15 is 0 Å². The van der Waals surface area contributed by atoms with E-state index in [0.29, 0.717) is 5.84 Å². The van der Waals surface area contributed by atoms with Crippen LogP contribution in [0.15, 0.2) is 29.3 Å². The Morgan fingerprint density at radius 1 is 1.15 bits per heavy atom. The number of hydrogen-bond acceptors (Lipinski definition) is 2. The zero-order chi connectivity index (χ0) is 14.4. The molecule has 0 aromatic heterocycles. The molecule has 1 aliphatic carbocycles. The monoisotopic (exact) mass is 273 g/mol. The minimum Gasteiger partial charge on any atom is -0.384 e. The standard InChI is InChI=1S/C16H23N3O/c1-18-15(17)12-8-10-14(11-9-12)19-16(20)13-6-4-2-3-5-7-13/h8-11,13H,2-7H2,1H3,(H2,17,18)(H,19,20). The Balaban J connectivity index is 1.97. The van der Waals surface area contributed by atoms with E-state index in [9.17, 15) is 4.79 Å². The Morgan fingerprint density at radius 2 is 1.75 bits per heavy atom. The van der Waals surface area contributed by atoms with E-state index in [4.69, 9.17) is 5.73 Å². The SMILES string of the molecule is CN=C(N)c1ccc(NC(=O)C2CCCCCC2)cc1. The van der Waals surface area contributed by atoms with Gasteiger partial charge in [0.15, 0.2) is 0 Å². The van der Waals surface area contributed by atoms with Crippen molar-refractivity contribution < 1.29 is 4.79 Å². The van der Waals surface area contributed by atoms with Gasteiger partial charge in [0.25, 0.3) is 0 Å². The fraction of sp³-hybridized carbons (Fsp3) is 0.500. The number of anilines is 1. The fourth-order valence-electron chi connectivity index (χ4n) is 2.64. The maximum absolute atomic E-state index is 12.2. The third kappa shape index (κ3) is 3.83. The third-order valence-electron chi connectivity index (χ3n) is 3.92. The van der Waals surface area contributed by atoms with Gasteiger partial charge in [-0.25, -0.2) is 0 Å². The largest absolute Gasteiger partial charge is 0.384 e. The molecule has 1 fully saturated rings. The van der Waals surface area contributed by atoms with Crippen molar-refractivity contribution in [1.29, 1.82) is 0 Å². The molecule has 4 heteroatoms. The van der Waals surface area contributed by atoms with Crippen molar-refractivity contribution in [3.63, 3.8) is 0 Å². The molecule has 0 saturated heterocycles. The van der Waals surface area contributed by atoms with Crippen molar-refractivity contribution >= 4 is 17.4 Å². The molecular weight excluding hydrogens is 250 g/mol. The third-order valence-corrected chi connectivity index (χ3v) is 3.92. The average Bonchev–Trinajstić information content (AvgIpc) is 2.76. The highest BCUT2D eigenvalue weighted by Crippen LogP contribution is 2.24. The maximum atomic E-state index is 12.2. The molecule has 1 amide bonds. The van der Waals surface area contributed by atoms with E-state index in [1.54, 1.807) is 7.05 Å². The van der Waals surface area contributed by atoms with E-state index in [2.05, 4.69) is 10.3 Å². The first-order valence-electron chi connectivity index (χ1n) is 7.34. The molecule has 0 atom stereocenters. The van der Waals surface area contributed by atoms with E-state index in [1.807, 2.05) is 24.3 Å². The van der Waals surface area contributed by atoms with Gasteiger partial charge in [0.1, 0.15) is 5.84 Å². The second-order valence-corrected chi connectivity index (χ2v) is 5.36. The lowest BCUT2D eigenvalue weighted by molar-refractivity contribution is -0.120. The van der Waals surface area contributed by atoms with Crippen molar-refractivity contribution in [3.05, 3.63) is 29.8 Å². The quantitative estimate of drug-likeness (QED) is 0.505. The number of aliphatic imine (C=N–C) groups is 1. The number of carbonyl (C=O) groups excluding carboxylic acids is 1. The summed E-state index contributed by atoms with van der Waals surface area (Å²) in [4.78, 5) is 16.2. The summed E-state index contributed by atoms with van der Waals surface area (Å²) >= 11 is 0. The highest BCUT2D eigenvalue weighted by molar-refractivity contribution is 5.98. The van der Waals surface area contributed by atoms with Gasteiger partial charge in [-0.05, 0) is 37.1 Å². The Kier molecular flexibility index (Phi) is 5.16. The minimum atomic E-state index is 0.150. The van der Waals surface area contributed by atoms with Crippen molar-refractivity contribution in [2.24, 2.45) is 16.6 Å². The Morgan fingerprint density at radius 3 is 2.30 bits per heavy atom. The number of nitrogens with zero attached hydrogens (tertiary/aromatic N) is 1. The summed E-state index contributed by atoms with van der Waals surface area (Å²) in [6.07, 6.45) is 6.88. The summed E-state index contributed by atoms with van der Waals surface area (Å²) < 4.78 is 0. The zero-order valence-electron chi connectivity index (χ0n) is 12.1. The molecule has 1 aliphatic rings. The van der Waals surface area contributed by atoms with E-state index in [0.717, 1.165) is 24.1 Å². The van der Waals surface area contributed by atoms with Gasteiger partial charge in [0.05, 0.1) is 0 Å². The van der Waals surface area contributed by atoms with Crippen molar-refractivity contribution in [2.45, 2.75) is 38.5 Å². The molecule has 0 heterocycles. The van der Waals surface area contributed by atoms with Crippen LogP contribution < -0.4 is 11.1 Å². The molecule has 1 aromatic rings. The molecular formula is C16H23N3O. The maximum Gasteiger partial charge on any atom is 0.227 e. The molecule has 0 aliphatic heterocycles. The first kappa shape index (κ1) is 14.6. The normalized spacial score (nSPS) is 17.6. The van der Waals surface area contributed by atoms with Crippen LogP contribution in [0.1, 0.15) is 44.1 Å². The number of nitrogens with two attached hydrogens (primary N) is 1. The number of amidine groups is 1. The first-order valence-corrected chi connectivity index (χ1v) is 7.34. The average molecular weight is 273 g/mol. The highest BCUT2D eigenvalue weighted by atomic mass is 16.1. The molecule has 0 radical (unpaired) electrons. The van der Waals surface area contributed by atoms with Crippen LogP contribution in [0.25, 0.3) is 0 Å². The number of nitrogens with one attached hydrogen (secondary N) is 1. The molecule has 108 valence electrons. The highest BCUT2D eigenvalue weighted by Gasteiger charge is 2.19. The molecule has 0 spiro atoms. The molecule has 3 N–H and O–H groups in total. The summed E-state index contributed by atoms with van der Waals surface area (Å²) in [5.74, 6) is 0.822. The van der Waals surface area contributed by atoms with Crippen LogP contribution in [-0.4, -0.2) is 18.8 Å². The van der Waals surface area contributed by atoms with Gasteiger partial charge in [-0.3, -0.25) is 9.79 Å². The van der Waals surface area contributed by atoms with E-state index in [1.165, 1.54) is 25.7 Å². The van der Waals surface area contributed by atoms with Crippen LogP contribution in [0, 0.1) is 5.92 Å². The van der Waals surface area contributed by atoms with Gasteiger partial charge in [0, 0.05) is 24.2 Å². The summed E-state index contributed by atoms with van der Waals surface area (Å²) in [6, 6.07) is 7.51. The Labute approximate surface area is 120 Å². The van der Waals surface area contributed by atoms with E-state index < -0.39 is 0 Å². The van der Waals surface area contributed by atoms with Crippen LogP contribution in [0.3, 0.4) is 0 Å². The minimum absolute atomic E-state index is 0.150. The van der Waals surface area contributed by atoms with Gasteiger partial charge in [-0.1, -0.05) is 25.7 Å². The van der Waals surface area contributed by atoms with Crippen LogP contribution in [0.2, 0.25) is 0 Å². The number of carbonyl (C=O) groups is 1. The van der Waals surface area contributed by atoms with Crippen LogP contribution in [0.4, 0.5) is 5.69 Å². The molecule has 1 saturated carbocycles. The molecule has 0 bridgehead atoms.